The molecule has 1 saturated heterocycles. The van der Waals surface area contributed by atoms with Crippen molar-refractivity contribution in [1.82, 2.24) is 5.43 Å². The average molecular weight is 495 g/mol. The van der Waals surface area contributed by atoms with Crippen LogP contribution in [0.2, 0.25) is 0 Å². The second kappa shape index (κ2) is 7.93. The van der Waals surface area contributed by atoms with Crippen molar-refractivity contribution in [2.45, 2.75) is 0 Å². The minimum Gasteiger partial charge on any atom is -0.481 e. The molecule has 0 atom stereocenters. The first kappa shape index (κ1) is 19.1. The monoisotopic (exact) mass is 493 g/mol. The molecule has 2 aromatic carbocycles. The highest BCUT2D eigenvalue weighted by molar-refractivity contribution is 9.11. The fraction of sp³-hybridized carbons (Fsp3) is 0.0556. The summed E-state index contributed by atoms with van der Waals surface area (Å²) in [6, 6.07) is 12.1. The second-order valence-corrected chi connectivity index (χ2v) is 7.25. The number of para-hydroxylation sites is 1. The van der Waals surface area contributed by atoms with Crippen molar-refractivity contribution in [2.75, 3.05) is 11.6 Å². The van der Waals surface area contributed by atoms with E-state index in [0.717, 1.165) is 0 Å². The first-order chi connectivity index (χ1) is 12.9. The van der Waals surface area contributed by atoms with Crippen LogP contribution < -0.4 is 20.9 Å². The van der Waals surface area contributed by atoms with E-state index in [4.69, 9.17) is 10.5 Å². The van der Waals surface area contributed by atoms with Crippen LogP contribution in [0.1, 0.15) is 5.56 Å². The van der Waals surface area contributed by atoms with Crippen LogP contribution in [-0.4, -0.2) is 24.3 Å². The van der Waals surface area contributed by atoms with Gasteiger partial charge in [-0.15, -0.1) is 0 Å². The summed E-state index contributed by atoms with van der Waals surface area (Å²) in [7, 11) is 0. The van der Waals surface area contributed by atoms with Crippen LogP contribution in [0.15, 0.2) is 57.0 Å². The maximum absolute atomic E-state index is 12.6. The minimum absolute atomic E-state index is 0.00320. The van der Waals surface area contributed by atoms with Crippen molar-refractivity contribution < 1.29 is 19.1 Å². The predicted molar refractivity (Wildman–Crippen MR) is 107 cm³/mol. The van der Waals surface area contributed by atoms with Gasteiger partial charge in [-0.05, 0) is 67.8 Å². The van der Waals surface area contributed by atoms with Crippen molar-refractivity contribution in [3.05, 3.63) is 62.5 Å². The molecule has 1 aliphatic heterocycles. The van der Waals surface area contributed by atoms with Crippen LogP contribution in [0.4, 0.5) is 5.69 Å². The van der Waals surface area contributed by atoms with Gasteiger partial charge in [-0.3, -0.25) is 19.8 Å². The Bertz CT molecular complexity index is 937. The van der Waals surface area contributed by atoms with Gasteiger partial charge in [0.15, 0.2) is 6.61 Å². The van der Waals surface area contributed by atoms with Gasteiger partial charge in [0, 0.05) is 0 Å². The van der Waals surface area contributed by atoms with E-state index >= 15 is 0 Å². The Labute approximate surface area is 171 Å². The van der Waals surface area contributed by atoms with Crippen LogP contribution >= 0.6 is 31.9 Å². The van der Waals surface area contributed by atoms with Gasteiger partial charge in [-0.2, -0.15) is 0 Å². The summed E-state index contributed by atoms with van der Waals surface area (Å²) in [4.78, 5) is 35.7. The summed E-state index contributed by atoms with van der Waals surface area (Å²) in [5.41, 5.74) is 8.78. The maximum atomic E-state index is 12.6. The van der Waals surface area contributed by atoms with E-state index in [1.807, 2.05) is 6.07 Å². The highest BCUT2D eigenvalue weighted by Gasteiger charge is 2.34. The number of nitrogens with two attached hydrogens (primary N) is 1. The minimum atomic E-state index is -0.603. The third-order valence-corrected chi connectivity index (χ3v) is 4.77. The van der Waals surface area contributed by atoms with E-state index in [0.29, 0.717) is 25.9 Å². The molecule has 1 fully saturated rings. The number of primary amides is 1. The zero-order valence-corrected chi connectivity index (χ0v) is 16.9. The van der Waals surface area contributed by atoms with Gasteiger partial charge < -0.3 is 10.5 Å². The largest absolute Gasteiger partial charge is 0.481 e. The van der Waals surface area contributed by atoms with Gasteiger partial charge in [-0.25, -0.2) is 5.01 Å². The average Bonchev–Trinajstić information content (AvgIpc) is 2.90. The maximum Gasteiger partial charge on any atom is 0.282 e. The molecule has 3 amide bonds. The van der Waals surface area contributed by atoms with E-state index in [2.05, 4.69) is 37.3 Å². The molecule has 3 rings (SSSR count). The molecule has 0 saturated carbocycles. The lowest BCUT2D eigenvalue weighted by Gasteiger charge is -2.13. The normalized spacial score (nSPS) is 15.2. The lowest BCUT2D eigenvalue weighted by atomic mass is 10.1. The molecular weight excluding hydrogens is 482 g/mol. The number of hydrogen-bond donors (Lipinski definition) is 2. The number of benzene rings is 2. The van der Waals surface area contributed by atoms with Crippen LogP contribution in [0, 0.1) is 0 Å². The molecule has 2 aromatic rings. The molecule has 0 aromatic heterocycles. The number of hydrogen-bond acceptors (Lipinski definition) is 4. The van der Waals surface area contributed by atoms with E-state index in [9.17, 15) is 14.4 Å². The van der Waals surface area contributed by atoms with Crippen molar-refractivity contribution in [1.29, 1.82) is 0 Å². The number of anilines is 1. The third kappa shape index (κ3) is 4.20. The third-order valence-electron chi connectivity index (χ3n) is 3.60. The molecule has 0 spiro atoms. The van der Waals surface area contributed by atoms with Crippen molar-refractivity contribution >= 4 is 61.3 Å². The summed E-state index contributed by atoms with van der Waals surface area (Å²) in [6.07, 6.45) is 1.48. The molecule has 0 unspecified atom stereocenters. The molecule has 7 nitrogen and oxygen atoms in total. The summed E-state index contributed by atoms with van der Waals surface area (Å²) < 4.78 is 6.40. The Balaban J connectivity index is 1.89. The fourth-order valence-corrected chi connectivity index (χ4v) is 3.88. The molecule has 3 N–H and O–H groups in total. The predicted octanol–water partition coefficient (Wildman–Crippen LogP) is 2.54. The topological polar surface area (TPSA) is 102 Å². The number of halogens is 2. The molecule has 138 valence electrons. The number of ether oxygens (including phenoxy) is 1. The number of carbonyl (C=O) groups excluding carboxylic acids is 3. The SMILES string of the molecule is NC(=O)COc1c(Br)cc(/C=C2/C(=O)NN(c3ccccc3)C2=O)cc1Br. The van der Waals surface area contributed by atoms with Gasteiger partial charge in [0.1, 0.15) is 11.3 Å². The van der Waals surface area contributed by atoms with Crippen LogP contribution in [0.3, 0.4) is 0 Å². The molecule has 27 heavy (non-hydrogen) atoms. The standard InChI is InChI=1S/C18H13Br2N3O4/c19-13-7-10(8-14(20)16(13)27-9-15(21)24)6-12-17(25)22-23(18(12)26)11-4-2-1-3-5-11/h1-8H,9H2,(H2,21,24)(H,22,25)/b12-6-. The Morgan fingerprint density at radius 2 is 1.78 bits per heavy atom. The first-order valence-corrected chi connectivity index (χ1v) is 9.27. The van der Waals surface area contributed by atoms with E-state index in [-0.39, 0.29) is 12.2 Å². The number of nitrogens with zero attached hydrogens (tertiary/aromatic N) is 1. The second-order valence-electron chi connectivity index (χ2n) is 5.54. The zero-order chi connectivity index (χ0) is 19.6. The van der Waals surface area contributed by atoms with Crippen molar-refractivity contribution in [3.8, 4) is 5.75 Å². The van der Waals surface area contributed by atoms with Crippen molar-refractivity contribution in [2.24, 2.45) is 5.73 Å². The number of rotatable bonds is 5. The van der Waals surface area contributed by atoms with Crippen LogP contribution in [-0.2, 0) is 14.4 Å². The molecular formula is C18H13Br2N3O4. The zero-order valence-electron chi connectivity index (χ0n) is 13.7. The Morgan fingerprint density at radius 3 is 2.37 bits per heavy atom. The lowest BCUT2D eigenvalue weighted by Crippen LogP contribution is -2.35. The number of amides is 3. The smallest absolute Gasteiger partial charge is 0.282 e. The summed E-state index contributed by atoms with van der Waals surface area (Å²) >= 11 is 6.69. The Kier molecular flexibility index (Phi) is 5.62. The number of carbonyl (C=O) groups is 3. The molecule has 0 aliphatic carbocycles. The number of nitrogens with one attached hydrogen (secondary N) is 1. The van der Waals surface area contributed by atoms with E-state index in [1.54, 1.807) is 36.4 Å². The molecule has 0 bridgehead atoms. The highest BCUT2D eigenvalue weighted by atomic mass is 79.9. The van der Waals surface area contributed by atoms with Crippen molar-refractivity contribution in [3.63, 3.8) is 0 Å². The molecule has 9 heteroatoms. The van der Waals surface area contributed by atoms with E-state index < -0.39 is 17.7 Å². The lowest BCUT2D eigenvalue weighted by molar-refractivity contribution is -0.120. The highest BCUT2D eigenvalue weighted by Crippen LogP contribution is 2.35. The number of hydrazine groups is 1. The summed E-state index contributed by atoms with van der Waals surface area (Å²) in [5.74, 6) is -1.16. The Hall–Kier alpha value is -2.65. The van der Waals surface area contributed by atoms with Gasteiger partial charge >= 0.3 is 0 Å². The summed E-state index contributed by atoms with van der Waals surface area (Å²) in [5, 5.41) is 1.20. The van der Waals surface area contributed by atoms with Gasteiger partial charge in [-0.1, -0.05) is 18.2 Å². The van der Waals surface area contributed by atoms with Crippen LogP contribution in [0.25, 0.3) is 6.08 Å². The fourth-order valence-electron chi connectivity index (χ4n) is 2.43. The Morgan fingerprint density at radius 1 is 1.15 bits per heavy atom. The molecule has 0 radical (unpaired) electrons. The molecule has 1 heterocycles. The summed E-state index contributed by atoms with van der Waals surface area (Å²) in [6.45, 7) is -0.273. The van der Waals surface area contributed by atoms with Gasteiger partial charge in [0.05, 0.1) is 14.6 Å². The van der Waals surface area contributed by atoms with Gasteiger partial charge in [0.25, 0.3) is 17.7 Å². The van der Waals surface area contributed by atoms with E-state index in [1.165, 1.54) is 11.1 Å². The van der Waals surface area contributed by atoms with Crippen LogP contribution in [0.5, 0.6) is 5.75 Å². The molecule has 1 aliphatic rings. The first-order valence-electron chi connectivity index (χ1n) is 7.69. The van der Waals surface area contributed by atoms with Gasteiger partial charge in [0.2, 0.25) is 0 Å². The quantitative estimate of drug-likeness (QED) is 0.492.